The molecule has 0 saturated carbocycles. The molecule has 1 aromatic rings. The van der Waals surface area contributed by atoms with E-state index >= 15 is 0 Å². The summed E-state index contributed by atoms with van der Waals surface area (Å²) in [6.45, 7) is 8.42. The SMILES string of the molecule is Cc1cccc(CCC(O)C(C)C)c1C. The van der Waals surface area contributed by atoms with E-state index in [1.54, 1.807) is 0 Å². The van der Waals surface area contributed by atoms with Gasteiger partial charge in [0.25, 0.3) is 0 Å². The van der Waals surface area contributed by atoms with E-state index in [1.807, 2.05) is 0 Å². The molecule has 1 rings (SSSR count). The molecule has 0 fully saturated rings. The van der Waals surface area contributed by atoms with Crippen molar-refractivity contribution in [3.63, 3.8) is 0 Å². The molecule has 1 nitrogen and oxygen atoms in total. The van der Waals surface area contributed by atoms with Gasteiger partial charge >= 0.3 is 0 Å². The molecule has 1 heteroatoms. The quantitative estimate of drug-likeness (QED) is 0.801. The van der Waals surface area contributed by atoms with Gasteiger partial charge in [-0.05, 0) is 49.3 Å². The summed E-state index contributed by atoms with van der Waals surface area (Å²) in [6, 6.07) is 6.40. The number of hydrogen-bond acceptors (Lipinski definition) is 1. The van der Waals surface area contributed by atoms with Crippen LogP contribution in [0.3, 0.4) is 0 Å². The van der Waals surface area contributed by atoms with Crippen LogP contribution in [0.2, 0.25) is 0 Å². The first-order valence-corrected chi connectivity index (χ1v) is 5.75. The summed E-state index contributed by atoms with van der Waals surface area (Å²) < 4.78 is 0. The third-order valence-corrected chi connectivity index (χ3v) is 3.20. The molecular formula is C14H22O. The minimum Gasteiger partial charge on any atom is -0.393 e. The Morgan fingerprint density at radius 2 is 1.87 bits per heavy atom. The standard InChI is InChI=1S/C14H22O/c1-10(2)14(15)9-8-13-7-5-6-11(3)12(13)4/h5-7,10,14-15H,8-9H2,1-4H3. The van der Waals surface area contributed by atoms with Crippen molar-refractivity contribution in [3.05, 3.63) is 34.9 Å². The molecule has 0 spiro atoms. The van der Waals surface area contributed by atoms with Crippen LogP contribution in [-0.2, 0) is 6.42 Å². The second kappa shape index (κ2) is 5.32. The maximum absolute atomic E-state index is 9.75. The lowest BCUT2D eigenvalue weighted by molar-refractivity contribution is 0.116. The molecule has 0 amide bonds. The average Bonchev–Trinajstić information content (AvgIpc) is 2.19. The lowest BCUT2D eigenvalue weighted by Crippen LogP contribution is -2.15. The predicted octanol–water partition coefficient (Wildman–Crippen LogP) is 3.25. The van der Waals surface area contributed by atoms with Crippen molar-refractivity contribution in [2.45, 2.75) is 46.6 Å². The van der Waals surface area contributed by atoms with Crippen molar-refractivity contribution >= 4 is 0 Å². The normalized spacial score (nSPS) is 13.2. The molecule has 0 heterocycles. The van der Waals surface area contributed by atoms with E-state index in [9.17, 15) is 5.11 Å². The smallest absolute Gasteiger partial charge is 0.0566 e. The molecule has 1 unspecified atom stereocenters. The van der Waals surface area contributed by atoms with Gasteiger partial charge in [0.2, 0.25) is 0 Å². The van der Waals surface area contributed by atoms with Crippen LogP contribution in [0.5, 0.6) is 0 Å². The maximum Gasteiger partial charge on any atom is 0.0566 e. The van der Waals surface area contributed by atoms with Crippen molar-refractivity contribution in [1.82, 2.24) is 0 Å². The lowest BCUT2D eigenvalue weighted by atomic mass is 9.95. The molecule has 1 N–H and O–H groups in total. The highest BCUT2D eigenvalue weighted by molar-refractivity contribution is 5.33. The maximum atomic E-state index is 9.75. The zero-order chi connectivity index (χ0) is 11.4. The lowest BCUT2D eigenvalue weighted by Gasteiger charge is -2.15. The van der Waals surface area contributed by atoms with Gasteiger partial charge in [-0.25, -0.2) is 0 Å². The van der Waals surface area contributed by atoms with Gasteiger partial charge < -0.3 is 5.11 Å². The number of aliphatic hydroxyl groups is 1. The van der Waals surface area contributed by atoms with Gasteiger partial charge in [0.15, 0.2) is 0 Å². The average molecular weight is 206 g/mol. The number of rotatable bonds is 4. The van der Waals surface area contributed by atoms with Gasteiger partial charge in [0, 0.05) is 0 Å². The van der Waals surface area contributed by atoms with E-state index < -0.39 is 0 Å². The Morgan fingerprint density at radius 1 is 1.20 bits per heavy atom. The Hall–Kier alpha value is -0.820. The van der Waals surface area contributed by atoms with Crippen molar-refractivity contribution in [2.75, 3.05) is 0 Å². The minimum atomic E-state index is -0.176. The molecule has 0 aliphatic rings. The molecule has 0 saturated heterocycles. The third kappa shape index (κ3) is 3.35. The molecule has 1 atom stereocenters. The summed E-state index contributed by atoms with van der Waals surface area (Å²) >= 11 is 0. The largest absolute Gasteiger partial charge is 0.393 e. The van der Waals surface area contributed by atoms with Crippen LogP contribution in [0.4, 0.5) is 0 Å². The van der Waals surface area contributed by atoms with Crippen molar-refractivity contribution < 1.29 is 5.11 Å². The van der Waals surface area contributed by atoms with Crippen LogP contribution in [0.15, 0.2) is 18.2 Å². The third-order valence-electron chi connectivity index (χ3n) is 3.20. The van der Waals surface area contributed by atoms with Gasteiger partial charge in [0.05, 0.1) is 6.10 Å². The molecule has 0 aliphatic carbocycles. The van der Waals surface area contributed by atoms with E-state index in [2.05, 4.69) is 45.9 Å². The van der Waals surface area contributed by atoms with Crippen molar-refractivity contribution in [2.24, 2.45) is 5.92 Å². The Kier molecular flexibility index (Phi) is 4.34. The summed E-state index contributed by atoms with van der Waals surface area (Å²) in [5, 5.41) is 9.75. The van der Waals surface area contributed by atoms with Crippen LogP contribution < -0.4 is 0 Å². The highest BCUT2D eigenvalue weighted by Gasteiger charge is 2.10. The van der Waals surface area contributed by atoms with Crippen LogP contribution in [0, 0.1) is 19.8 Å². The molecule has 1 aromatic carbocycles. The second-order valence-corrected chi connectivity index (χ2v) is 4.71. The van der Waals surface area contributed by atoms with Gasteiger partial charge in [-0.3, -0.25) is 0 Å². The van der Waals surface area contributed by atoms with Crippen LogP contribution in [-0.4, -0.2) is 11.2 Å². The van der Waals surface area contributed by atoms with Crippen molar-refractivity contribution in [3.8, 4) is 0 Å². The fourth-order valence-electron chi connectivity index (χ4n) is 1.72. The summed E-state index contributed by atoms with van der Waals surface area (Å²) in [6.07, 6.45) is 1.67. The molecule has 15 heavy (non-hydrogen) atoms. The first kappa shape index (κ1) is 12.3. The number of aliphatic hydroxyl groups excluding tert-OH is 1. The van der Waals surface area contributed by atoms with Crippen LogP contribution in [0.1, 0.15) is 37.0 Å². The van der Waals surface area contributed by atoms with Crippen LogP contribution >= 0.6 is 0 Å². The number of aryl methyl sites for hydroxylation is 2. The van der Waals surface area contributed by atoms with Gasteiger partial charge in [0.1, 0.15) is 0 Å². The number of hydrogen-bond donors (Lipinski definition) is 1. The summed E-state index contributed by atoms with van der Waals surface area (Å²) in [5.74, 6) is 0.357. The summed E-state index contributed by atoms with van der Waals surface area (Å²) in [4.78, 5) is 0. The number of benzene rings is 1. The first-order valence-electron chi connectivity index (χ1n) is 5.75. The Bertz CT molecular complexity index is 315. The highest BCUT2D eigenvalue weighted by atomic mass is 16.3. The molecule has 0 aliphatic heterocycles. The van der Waals surface area contributed by atoms with E-state index in [-0.39, 0.29) is 6.10 Å². The fourth-order valence-corrected chi connectivity index (χ4v) is 1.72. The molecule has 0 bridgehead atoms. The summed E-state index contributed by atoms with van der Waals surface area (Å²) in [7, 11) is 0. The fraction of sp³-hybridized carbons (Fsp3) is 0.571. The monoisotopic (exact) mass is 206 g/mol. The van der Waals surface area contributed by atoms with Crippen LogP contribution in [0.25, 0.3) is 0 Å². The Labute approximate surface area is 93.1 Å². The van der Waals surface area contributed by atoms with E-state index in [0.717, 1.165) is 12.8 Å². The Morgan fingerprint density at radius 3 is 2.47 bits per heavy atom. The topological polar surface area (TPSA) is 20.2 Å². The molecular weight excluding hydrogens is 184 g/mol. The van der Waals surface area contributed by atoms with E-state index in [0.29, 0.717) is 5.92 Å². The van der Waals surface area contributed by atoms with Gasteiger partial charge in [-0.1, -0.05) is 32.0 Å². The summed E-state index contributed by atoms with van der Waals surface area (Å²) in [5.41, 5.74) is 4.08. The zero-order valence-corrected chi connectivity index (χ0v) is 10.2. The van der Waals surface area contributed by atoms with Gasteiger partial charge in [-0.15, -0.1) is 0 Å². The molecule has 0 aromatic heterocycles. The molecule has 84 valence electrons. The zero-order valence-electron chi connectivity index (χ0n) is 10.2. The minimum absolute atomic E-state index is 0.176. The van der Waals surface area contributed by atoms with Crippen molar-refractivity contribution in [1.29, 1.82) is 0 Å². The van der Waals surface area contributed by atoms with E-state index in [1.165, 1.54) is 16.7 Å². The first-order chi connectivity index (χ1) is 7.02. The van der Waals surface area contributed by atoms with Gasteiger partial charge in [-0.2, -0.15) is 0 Å². The Balaban J connectivity index is 2.62. The molecule has 0 radical (unpaired) electrons. The second-order valence-electron chi connectivity index (χ2n) is 4.71. The highest BCUT2D eigenvalue weighted by Crippen LogP contribution is 2.16. The predicted molar refractivity (Wildman–Crippen MR) is 65.1 cm³/mol. The van der Waals surface area contributed by atoms with E-state index in [4.69, 9.17) is 0 Å².